The maximum atomic E-state index is 12.8. The van der Waals surface area contributed by atoms with E-state index in [1.165, 1.54) is 7.11 Å². The molecule has 0 spiro atoms. The van der Waals surface area contributed by atoms with Crippen LogP contribution < -0.4 is 15.4 Å². The first kappa shape index (κ1) is 20.9. The van der Waals surface area contributed by atoms with Crippen molar-refractivity contribution in [1.82, 2.24) is 20.5 Å². The monoisotopic (exact) mass is 408 g/mol. The Morgan fingerprint density at radius 3 is 2.96 bits per heavy atom. The van der Waals surface area contributed by atoms with Gasteiger partial charge in [0.15, 0.2) is 0 Å². The lowest BCUT2D eigenvalue weighted by Crippen LogP contribution is -2.66. The number of rotatable bonds is 4. The Morgan fingerprint density at radius 2 is 2.18 bits per heavy atom. The van der Waals surface area contributed by atoms with Crippen LogP contribution in [0.2, 0.25) is 0 Å². The SMILES string of the molecule is COc1cnc(C)cc1C(=O)NC[C@H]1[C@@H]2CNC[C@@H](C2)[C@@H]2CCCC(=O)N21.Cl. The van der Waals surface area contributed by atoms with E-state index in [1.807, 2.05) is 6.92 Å². The summed E-state index contributed by atoms with van der Waals surface area (Å²) >= 11 is 0. The summed E-state index contributed by atoms with van der Waals surface area (Å²) in [5, 5.41) is 6.59. The molecule has 1 aromatic rings. The van der Waals surface area contributed by atoms with Crippen molar-refractivity contribution in [3.05, 3.63) is 23.5 Å². The number of carbonyl (C=O) groups excluding carboxylic acids is 2. The van der Waals surface area contributed by atoms with Crippen molar-refractivity contribution in [3.8, 4) is 5.75 Å². The Kier molecular flexibility index (Phi) is 6.45. The number of ether oxygens (including phenoxy) is 1. The zero-order valence-electron chi connectivity index (χ0n) is 16.4. The Morgan fingerprint density at radius 1 is 1.39 bits per heavy atom. The molecule has 2 amide bonds. The lowest BCUT2D eigenvalue weighted by molar-refractivity contribution is -0.148. The topological polar surface area (TPSA) is 83.6 Å². The van der Waals surface area contributed by atoms with Gasteiger partial charge in [-0.1, -0.05) is 0 Å². The van der Waals surface area contributed by atoms with Gasteiger partial charge in [0.05, 0.1) is 24.9 Å². The van der Waals surface area contributed by atoms with E-state index in [-0.39, 0.29) is 30.3 Å². The molecule has 4 rings (SSSR count). The van der Waals surface area contributed by atoms with Gasteiger partial charge in [0.2, 0.25) is 5.91 Å². The average molecular weight is 409 g/mol. The minimum Gasteiger partial charge on any atom is -0.494 e. The normalized spacial score (nSPS) is 28.8. The highest BCUT2D eigenvalue weighted by molar-refractivity contribution is 5.97. The molecule has 0 aromatic carbocycles. The number of amides is 2. The number of methoxy groups -OCH3 is 1. The highest BCUT2D eigenvalue weighted by atomic mass is 35.5. The summed E-state index contributed by atoms with van der Waals surface area (Å²) in [5.41, 5.74) is 1.26. The molecule has 0 aliphatic carbocycles. The van der Waals surface area contributed by atoms with Gasteiger partial charge in [0.1, 0.15) is 5.75 Å². The molecule has 7 nitrogen and oxygen atoms in total. The third kappa shape index (κ3) is 3.82. The van der Waals surface area contributed by atoms with Crippen molar-refractivity contribution < 1.29 is 14.3 Å². The molecule has 3 saturated heterocycles. The van der Waals surface area contributed by atoms with Crippen LogP contribution in [0.1, 0.15) is 41.7 Å². The Labute approximate surface area is 172 Å². The number of fused-ring (bicyclic) bond motifs is 4. The zero-order chi connectivity index (χ0) is 19.0. The minimum absolute atomic E-state index is 0. The lowest BCUT2D eigenvalue weighted by atomic mass is 9.72. The molecule has 8 heteroatoms. The molecular formula is C20H29ClN4O3. The number of halogens is 1. The van der Waals surface area contributed by atoms with Gasteiger partial charge in [0.25, 0.3) is 5.91 Å². The minimum atomic E-state index is -0.177. The van der Waals surface area contributed by atoms with Crippen LogP contribution in [0.4, 0.5) is 0 Å². The first-order chi connectivity index (χ1) is 13.1. The van der Waals surface area contributed by atoms with Crippen molar-refractivity contribution >= 4 is 24.2 Å². The van der Waals surface area contributed by atoms with Crippen molar-refractivity contribution in [3.63, 3.8) is 0 Å². The number of nitrogens with zero attached hydrogens (tertiary/aromatic N) is 2. The fourth-order valence-electron chi connectivity index (χ4n) is 5.08. The highest BCUT2D eigenvalue weighted by Crippen LogP contribution is 2.39. The summed E-state index contributed by atoms with van der Waals surface area (Å²) in [6, 6.07) is 2.11. The van der Waals surface area contributed by atoms with Crippen molar-refractivity contribution in [2.75, 3.05) is 26.7 Å². The largest absolute Gasteiger partial charge is 0.494 e. The van der Waals surface area contributed by atoms with Crippen LogP contribution in [-0.4, -0.2) is 60.5 Å². The summed E-state index contributed by atoms with van der Waals surface area (Å²) in [6.07, 6.45) is 5.40. The van der Waals surface area contributed by atoms with Crippen LogP contribution in [0.3, 0.4) is 0 Å². The van der Waals surface area contributed by atoms with E-state index in [0.717, 1.165) is 38.0 Å². The molecule has 3 aliphatic heterocycles. The molecule has 3 fully saturated rings. The van der Waals surface area contributed by atoms with Gasteiger partial charge < -0.3 is 20.3 Å². The number of hydrogen-bond donors (Lipinski definition) is 2. The highest BCUT2D eigenvalue weighted by Gasteiger charge is 2.47. The van der Waals surface area contributed by atoms with Gasteiger partial charge in [-0.05, 0) is 50.6 Å². The van der Waals surface area contributed by atoms with Gasteiger partial charge in [-0.15, -0.1) is 12.4 Å². The molecule has 154 valence electrons. The van der Waals surface area contributed by atoms with E-state index in [0.29, 0.717) is 42.2 Å². The zero-order valence-corrected chi connectivity index (χ0v) is 17.3. The molecule has 4 atom stereocenters. The third-order valence-corrected chi connectivity index (χ3v) is 6.34. The lowest BCUT2D eigenvalue weighted by Gasteiger charge is -2.54. The van der Waals surface area contributed by atoms with E-state index >= 15 is 0 Å². The molecule has 0 unspecified atom stereocenters. The van der Waals surface area contributed by atoms with Crippen LogP contribution in [0, 0.1) is 18.8 Å². The molecule has 2 N–H and O–H groups in total. The second kappa shape index (κ2) is 8.66. The number of aryl methyl sites for hydroxylation is 1. The van der Waals surface area contributed by atoms with Crippen LogP contribution in [0.15, 0.2) is 12.3 Å². The summed E-state index contributed by atoms with van der Waals surface area (Å²) < 4.78 is 5.28. The van der Waals surface area contributed by atoms with Gasteiger partial charge in [-0.25, -0.2) is 0 Å². The Hall–Kier alpha value is -1.86. The smallest absolute Gasteiger partial charge is 0.255 e. The van der Waals surface area contributed by atoms with Gasteiger partial charge in [-0.3, -0.25) is 14.6 Å². The van der Waals surface area contributed by atoms with E-state index in [4.69, 9.17) is 4.74 Å². The molecule has 4 heterocycles. The predicted molar refractivity (Wildman–Crippen MR) is 108 cm³/mol. The fraction of sp³-hybridized carbons (Fsp3) is 0.650. The maximum Gasteiger partial charge on any atom is 0.255 e. The summed E-state index contributed by atoms with van der Waals surface area (Å²) in [7, 11) is 1.54. The van der Waals surface area contributed by atoms with E-state index in [9.17, 15) is 9.59 Å². The van der Waals surface area contributed by atoms with Crippen LogP contribution >= 0.6 is 12.4 Å². The number of nitrogens with one attached hydrogen (secondary N) is 2. The van der Waals surface area contributed by atoms with Crippen molar-refractivity contribution in [1.29, 1.82) is 0 Å². The second-order valence-electron chi connectivity index (χ2n) is 7.98. The first-order valence-electron chi connectivity index (χ1n) is 9.89. The van der Waals surface area contributed by atoms with E-state index in [2.05, 4.69) is 20.5 Å². The Bertz CT molecular complexity index is 744. The molecule has 28 heavy (non-hydrogen) atoms. The van der Waals surface area contributed by atoms with Crippen molar-refractivity contribution in [2.45, 2.75) is 44.7 Å². The van der Waals surface area contributed by atoms with Crippen LogP contribution in [-0.2, 0) is 4.79 Å². The van der Waals surface area contributed by atoms with Crippen molar-refractivity contribution in [2.24, 2.45) is 11.8 Å². The quantitative estimate of drug-likeness (QED) is 0.789. The van der Waals surface area contributed by atoms with E-state index < -0.39 is 0 Å². The molecule has 1 aromatic heterocycles. The maximum absolute atomic E-state index is 12.8. The second-order valence-corrected chi connectivity index (χ2v) is 7.98. The summed E-state index contributed by atoms with van der Waals surface area (Å²) in [4.78, 5) is 31.8. The molecular weight excluding hydrogens is 380 g/mol. The number of aromatic nitrogens is 1. The predicted octanol–water partition coefficient (Wildman–Crippen LogP) is 1.54. The number of piperidine rings is 3. The number of carbonyl (C=O) groups is 2. The van der Waals surface area contributed by atoms with Crippen LogP contribution in [0.25, 0.3) is 0 Å². The molecule has 3 aliphatic rings. The number of pyridine rings is 1. The standard InChI is InChI=1S/C20H28N4O3.ClH/c1-12-6-15(18(27-2)11-22-12)20(26)23-10-17-14-7-13(8-21-9-14)16-4-3-5-19(25)24(16)17;/h6,11,13-14,16-17,21H,3-5,7-10H2,1-2H3,(H,23,26);1H/t13-,14+,16+,17+;/m1./s1. The third-order valence-electron chi connectivity index (χ3n) is 6.34. The summed E-state index contributed by atoms with van der Waals surface area (Å²) in [5.74, 6) is 1.48. The van der Waals surface area contributed by atoms with Gasteiger partial charge >= 0.3 is 0 Å². The fourth-order valence-corrected chi connectivity index (χ4v) is 5.08. The van der Waals surface area contributed by atoms with E-state index in [1.54, 1.807) is 12.3 Å². The summed E-state index contributed by atoms with van der Waals surface area (Å²) in [6.45, 7) is 4.23. The first-order valence-corrected chi connectivity index (χ1v) is 9.89. The Balaban J connectivity index is 0.00000225. The average Bonchev–Trinajstić information content (AvgIpc) is 2.68. The van der Waals surface area contributed by atoms with Gasteiger partial charge in [0, 0.05) is 31.2 Å². The van der Waals surface area contributed by atoms with Gasteiger partial charge in [-0.2, -0.15) is 0 Å². The van der Waals surface area contributed by atoms with Crippen LogP contribution in [0.5, 0.6) is 5.75 Å². The molecule has 2 bridgehead atoms. The molecule has 0 radical (unpaired) electrons. The number of hydrogen-bond acceptors (Lipinski definition) is 5. The molecule has 0 saturated carbocycles.